The van der Waals surface area contributed by atoms with Gasteiger partial charge in [0.1, 0.15) is 0 Å². The third-order valence-electron chi connectivity index (χ3n) is 2.32. The highest BCUT2D eigenvalue weighted by molar-refractivity contribution is 5.64. The van der Waals surface area contributed by atoms with Crippen LogP contribution in [0.25, 0.3) is 0 Å². The molecule has 2 unspecified atom stereocenters. The Labute approximate surface area is 76.9 Å². The number of hydrogen-bond donors (Lipinski definition) is 2. The van der Waals surface area contributed by atoms with Crippen LogP contribution in [0.15, 0.2) is 0 Å². The fraction of sp³-hybridized carbons (Fsp3) is 0.875. The minimum Gasteiger partial charge on any atom is -0.465 e. The summed E-state index contributed by atoms with van der Waals surface area (Å²) in [7, 11) is 1.51. The van der Waals surface area contributed by atoms with Crippen LogP contribution in [0, 0.1) is 0 Å². The molecule has 0 bridgehead atoms. The molecular formula is C8H15NO4. The molecule has 2 N–H and O–H groups in total. The Hall–Kier alpha value is -0.810. The molecule has 1 rings (SSSR count). The summed E-state index contributed by atoms with van der Waals surface area (Å²) in [6.07, 6.45) is -0.898. The van der Waals surface area contributed by atoms with Gasteiger partial charge in [0, 0.05) is 19.5 Å². The van der Waals surface area contributed by atoms with Crippen molar-refractivity contribution in [3.05, 3.63) is 0 Å². The summed E-state index contributed by atoms with van der Waals surface area (Å²) < 4.78 is 5.08. The van der Waals surface area contributed by atoms with Crippen molar-refractivity contribution in [2.45, 2.75) is 38.2 Å². The first-order valence-electron chi connectivity index (χ1n) is 4.30. The van der Waals surface area contributed by atoms with Gasteiger partial charge in [-0.1, -0.05) is 0 Å². The summed E-state index contributed by atoms with van der Waals surface area (Å²) in [4.78, 5) is 11.8. The first-order chi connectivity index (χ1) is 6.00. The van der Waals surface area contributed by atoms with E-state index in [0.717, 1.165) is 0 Å². The van der Waals surface area contributed by atoms with E-state index in [4.69, 9.17) is 9.84 Å². The molecule has 0 aromatic carbocycles. The van der Waals surface area contributed by atoms with Crippen molar-refractivity contribution in [1.29, 1.82) is 0 Å². The van der Waals surface area contributed by atoms with E-state index in [1.165, 1.54) is 11.9 Å². The van der Waals surface area contributed by atoms with Gasteiger partial charge in [-0.3, -0.25) is 0 Å². The molecule has 1 heterocycles. The average molecular weight is 189 g/mol. The zero-order chi connectivity index (χ0) is 10.0. The van der Waals surface area contributed by atoms with E-state index < -0.39 is 12.4 Å². The van der Waals surface area contributed by atoms with E-state index in [0.29, 0.717) is 12.8 Å². The maximum absolute atomic E-state index is 10.6. The van der Waals surface area contributed by atoms with Gasteiger partial charge in [0.2, 0.25) is 0 Å². The van der Waals surface area contributed by atoms with Crippen molar-refractivity contribution in [2.24, 2.45) is 0 Å². The number of hydrogen-bond acceptors (Lipinski definition) is 3. The fourth-order valence-electron chi connectivity index (χ4n) is 1.56. The van der Waals surface area contributed by atoms with E-state index in [1.807, 2.05) is 6.92 Å². The standard InChI is InChI=1S/C8H15NO4/c1-5-3-6(4-7(10)13-5)9(2)8(11)12/h5-7,10H,3-4H2,1-2H3,(H,11,12)/t5-,6?,7?/m1/s1. The molecule has 1 aliphatic rings. The number of ether oxygens (including phenoxy) is 1. The molecule has 1 aliphatic heterocycles. The summed E-state index contributed by atoms with van der Waals surface area (Å²) in [5.74, 6) is 0. The maximum Gasteiger partial charge on any atom is 0.407 e. The van der Waals surface area contributed by atoms with E-state index in [1.54, 1.807) is 0 Å². The summed E-state index contributed by atoms with van der Waals surface area (Å²) >= 11 is 0. The Morgan fingerprint density at radius 2 is 2.15 bits per heavy atom. The molecule has 1 fully saturated rings. The number of rotatable bonds is 1. The van der Waals surface area contributed by atoms with Gasteiger partial charge in [-0.05, 0) is 13.3 Å². The lowest BCUT2D eigenvalue weighted by atomic mass is 10.0. The maximum atomic E-state index is 10.6. The highest BCUT2D eigenvalue weighted by atomic mass is 16.6. The number of carbonyl (C=O) groups is 1. The number of amides is 1. The van der Waals surface area contributed by atoms with E-state index in [-0.39, 0.29) is 12.1 Å². The molecule has 0 aromatic heterocycles. The monoisotopic (exact) mass is 189 g/mol. The third kappa shape index (κ3) is 2.57. The normalized spacial score (nSPS) is 34.2. The van der Waals surface area contributed by atoms with E-state index >= 15 is 0 Å². The molecule has 0 aliphatic carbocycles. The first-order valence-corrected chi connectivity index (χ1v) is 4.30. The average Bonchev–Trinajstić information content (AvgIpc) is 2.01. The van der Waals surface area contributed by atoms with Gasteiger partial charge in [0.05, 0.1) is 6.10 Å². The minimum absolute atomic E-state index is 0.0875. The van der Waals surface area contributed by atoms with Gasteiger partial charge in [-0.2, -0.15) is 0 Å². The number of aliphatic hydroxyl groups excluding tert-OH is 1. The van der Waals surface area contributed by atoms with Crippen LogP contribution in [0.3, 0.4) is 0 Å². The van der Waals surface area contributed by atoms with Crippen molar-refractivity contribution in [2.75, 3.05) is 7.05 Å². The molecule has 5 heteroatoms. The first kappa shape index (κ1) is 10.3. The van der Waals surface area contributed by atoms with Crippen LogP contribution in [-0.4, -0.2) is 46.7 Å². The van der Waals surface area contributed by atoms with E-state index in [9.17, 15) is 9.90 Å². The highest BCUT2D eigenvalue weighted by Gasteiger charge is 2.30. The second-order valence-electron chi connectivity index (χ2n) is 3.42. The summed E-state index contributed by atoms with van der Waals surface area (Å²) in [6.45, 7) is 1.82. The molecule has 13 heavy (non-hydrogen) atoms. The Bertz CT molecular complexity index is 187. The Morgan fingerprint density at radius 1 is 1.54 bits per heavy atom. The van der Waals surface area contributed by atoms with Crippen molar-refractivity contribution in [3.8, 4) is 0 Å². The number of nitrogens with zero attached hydrogens (tertiary/aromatic N) is 1. The Morgan fingerprint density at radius 3 is 2.62 bits per heavy atom. The van der Waals surface area contributed by atoms with Crippen molar-refractivity contribution in [1.82, 2.24) is 4.90 Å². The number of aliphatic hydroxyl groups is 1. The lowest BCUT2D eigenvalue weighted by Gasteiger charge is -2.35. The molecule has 1 saturated heterocycles. The van der Waals surface area contributed by atoms with Crippen molar-refractivity contribution < 1.29 is 19.7 Å². The summed E-state index contributed by atoms with van der Waals surface area (Å²) in [5, 5.41) is 17.9. The van der Waals surface area contributed by atoms with E-state index in [2.05, 4.69) is 0 Å². The second kappa shape index (κ2) is 3.93. The van der Waals surface area contributed by atoms with Crippen LogP contribution >= 0.6 is 0 Å². The lowest BCUT2D eigenvalue weighted by molar-refractivity contribution is -0.171. The van der Waals surface area contributed by atoms with Gasteiger partial charge in [0.25, 0.3) is 0 Å². The molecule has 5 nitrogen and oxygen atoms in total. The third-order valence-corrected chi connectivity index (χ3v) is 2.32. The SMILES string of the molecule is C[C@@H]1CC(N(C)C(=O)O)CC(O)O1. The quantitative estimate of drug-likeness (QED) is 0.629. The lowest BCUT2D eigenvalue weighted by Crippen LogP contribution is -2.45. The molecule has 1 amide bonds. The van der Waals surface area contributed by atoms with Crippen LogP contribution in [-0.2, 0) is 4.74 Å². The molecular weight excluding hydrogens is 174 g/mol. The summed E-state index contributed by atoms with van der Waals surface area (Å²) in [6, 6.07) is -0.142. The van der Waals surface area contributed by atoms with Gasteiger partial charge in [-0.25, -0.2) is 4.79 Å². The van der Waals surface area contributed by atoms with Crippen molar-refractivity contribution >= 4 is 6.09 Å². The predicted octanol–water partition coefficient (Wildman–Crippen LogP) is 0.482. The fourth-order valence-corrected chi connectivity index (χ4v) is 1.56. The minimum atomic E-state index is -0.966. The van der Waals surface area contributed by atoms with Gasteiger partial charge in [-0.15, -0.1) is 0 Å². The second-order valence-corrected chi connectivity index (χ2v) is 3.42. The number of carboxylic acid groups (broad SMARTS) is 1. The van der Waals surface area contributed by atoms with Crippen LogP contribution < -0.4 is 0 Å². The van der Waals surface area contributed by atoms with Crippen LogP contribution in [0.4, 0.5) is 4.79 Å². The Kier molecular flexibility index (Phi) is 3.11. The Balaban J connectivity index is 2.54. The van der Waals surface area contributed by atoms with Gasteiger partial charge in [0.15, 0.2) is 6.29 Å². The van der Waals surface area contributed by atoms with Crippen LogP contribution in [0.1, 0.15) is 19.8 Å². The molecule has 0 spiro atoms. The molecule has 76 valence electrons. The topological polar surface area (TPSA) is 70.0 Å². The highest BCUT2D eigenvalue weighted by Crippen LogP contribution is 2.21. The van der Waals surface area contributed by atoms with Crippen LogP contribution in [0.2, 0.25) is 0 Å². The van der Waals surface area contributed by atoms with Crippen LogP contribution in [0.5, 0.6) is 0 Å². The predicted molar refractivity (Wildman–Crippen MR) is 45.4 cm³/mol. The molecule has 3 atom stereocenters. The molecule has 0 aromatic rings. The smallest absolute Gasteiger partial charge is 0.407 e. The molecule has 0 saturated carbocycles. The van der Waals surface area contributed by atoms with Gasteiger partial charge < -0.3 is 19.8 Å². The largest absolute Gasteiger partial charge is 0.465 e. The van der Waals surface area contributed by atoms with Crippen molar-refractivity contribution in [3.63, 3.8) is 0 Å². The zero-order valence-corrected chi connectivity index (χ0v) is 7.80. The molecule has 0 radical (unpaired) electrons. The summed E-state index contributed by atoms with van der Waals surface area (Å²) in [5.41, 5.74) is 0. The zero-order valence-electron chi connectivity index (χ0n) is 7.80. The van der Waals surface area contributed by atoms with Gasteiger partial charge >= 0.3 is 6.09 Å².